The molecule has 0 N–H and O–H groups in total. The van der Waals surface area contributed by atoms with Gasteiger partial charge in [-0.25, -0.2) is 8.42 Å². The summed E-state index contributed by atoms with van der Waals surface area (Å²) in [7, 11) is -3.63. The van der Waals surface area contributed by atoms with Gasteiger partial charge in [0.15, 0.2) is 0 Å². The Morgan fingerprint density at radius 3 is 1.65 bits per heavy atom. The molecule has 5 heteroatoms. The van der Waals surface area contributed by atoms with Crippen LogP contribution in [0.5, 0.6) is 0 Å². The third-order valence-electron chi connectivity index (χ3n) is 9.78. The van der Waals surface area contributed by atoms with Crippen molar-refractivity contribution in [3.05, 3.63) is 101 Å². The van der Waals surface area contributed by atoms with E-state index in [-0.39, 0.29) is 22.1 Å². The summed E-state index contributed by atoms with van der Waals surface area (Å²) in [5.41, 5.74) is 6.46. The molecule has 4 bridgehead atoms. The molecule has 3 fully saturated rings. The van der Waals surface area contributed by atoms with Crippen LogP contribution in [0, 0.1) is 6.92 Å². The summed E-state index contributed by atoms with van der Waals surface area (Å²) in [5, 5.41) is 0. The molecule has 1 aliphatic heterocycles. The van der Waals surface area contributed by atoms with Crippen molar-refractivity contribution in [3.63, 3.8) is 0 Å². The monoisotopic (exact) mass is 485 g/mol. The summed E-state index contributed by atoms with van der Waals surface area (Å²) in [4.78, 5) is 0.429. The molecule has 8 rings (SSSR count). The summed E-state index contributed by atoms with van der Waals surface area (Å²) >= 11 is 1.68. The number of rotatable bonds is 2. The quantitative estimate of drug-likeness (QED) is 0.390. The molecule has 2 spiro atoms. The second-order valence-electron chi connectivity index (χ2n) is 10.9. The van der Waals surface area contributed by atoms with Crippen LogP contribution < -0.4 is 0 Å². The highest BCUT2D eigenvalue weighted by Gasteiger charge is 2.85. The third-order valence-corrected chi connectivity index (χ3v) is 13.9. The van der Waals surface area contributed by atoms with Gasteiger partial charge in [0.05, 0.1) is 15.2 Å². The molecule has 172 valence electrons. The van der Waals surface area contributed by atoms with Crippen molar-refractivity contribution in [1.29, 1.82) is 0 Å². The minimum Gasteiger partial charge on any atom is -0.206 e. The van der Waals surface area contributed by atoms with Crippen LogP contribution in [0.3, 0.4) is 0 Å². The highest BCUT2D eigenvalue weighted by Crippen LogP contribution is 2.85. The number of benzene rings is 3. The van der Waals surface area contributed by atoms with Gasteiger partial charge in [-0.2, -0.15) is 0 Å². The summed E-state index contributed by atoms with van der Waals surface area (Å²) in [6, 6.07) is 25.2. The van der Waals surface area contributed by atoms with Gasteiger partial charge >= 0.3 is 0 Å². The van der Waals surface area contributed by atoms with Crippen LogP contribution >= 0.6 is 11.9 Å². The molecule has 0 amide bonds. The van der Waals surface area contributed by atoms with Crippen molar-refractivity contribution in [1.82, 2.24) is 3.71 Å². The maximum absolute atomic E-state index is 14.3. The molecule has 34 heavy (non-hydrogen) atoms. The maximum Gasteiger partial charge on any atom is 0.252 e. The van der Waals surface area contributed by atoms with Gasteiger partial charge in [-0.05, 0) is 67.0 Å². The predicted molar refractivity (Wildman–Crippen MR) is 136 cm³/mol. The Kier molecular flexibility index (Phi) is 3.77. The van der Waals surface area contributed by atoms with Crippen LogP contribution in [0.15, 0.2) is 77.7 Å². The fraction of sp³-hybridized carbons (Fsp3) is 0.379. The molecule has 3 aromatic rings. The highest BCUT2D eigenvalue weighted by atomic mass is 32.3. The molecule has 1 heterocycles. The van der Waals surface area contributed by atoms with E-state index in [0.29, 0.717) is 16.7 Å². The molecule has 3 aromatic carbocycles. The zero-order valence-corrected chi connectivity index (χ0v) is 20.8. The van der Waals surface area contributed by atoms with Gasteiger partial charge in [-0.3, -0.25) is 0 Å². The Balaban J connectivity index is 1.37. The average Bonchev–Trinajstić information content (AvgIpc) is 3.59. The largest absolute Gasteiger partial charge is 0.252 e. The SMILES string of the molecule is Cc1ccc(S(=O)(=O)N2SC3(C4CCC3c3ccccc34)C23C2CCC3c3ccccc32)cc1. The van der Waals surface area contributed by atoms with Crippen molar-refractivity contribution in [3.8, 4) is 0 Å². The lowest BCUT2D eigenvalue weighted by atomic mass is 9.67. The van der Waals surface area contributed by atoms with E-state index in [4.69, 9.17) is 0 Å². The maximum atomic E-state index is 14.3. The molecule has 4 aliphatic carbocycles. The van der Waals surface area contributed by atoms with E-state index in [0.717, 1.165) is 18.4 Å². The van der Waals surface area contributed by atoms with Crippen LogP contribution in [-0.2, 0) is 10.0 Å². The van der Waals surface area contributed by atoms with Crippen molar-refractivity contribution >= 4 is 22.0 Å². The molecule has 4 atom stereocenters. The second kappa shape index (κ2) is 6.37. The van der Waals surface area contributed by atoms with Crippen LogP contribution in [-0.4, -0.2) is 22.4 Å². The Morgan fingerprint density at radius 1 is 0.706 bits per heavy atom. The van der Waals surface area contributed by atoms with Crippen LogP contribution in [0.25, 0.3) is 0 Å². The van der Waals surface area contributed by atoms with E-state index in [1.807, 2.05) is 22.8 Å². The second-order valence-corrected chi connectivity index (χ2v) is 14.1. The molecule has 1 saturated heterocycles. The van der Waals surface area contributed by atoms with E-state index in [9.17, 15) is 8.42 Å². The standard InChI is InChI=1S/C29H27NO2S2/c1-18-10-12-19(13-11-18)34(31,32)30-28(24-14-15-25(28)21-7-3-2-6-20(21)24)29(33-30)26-16-17-27(29)23-9-5-4-8-22(23)26/h2-13,24-27H,14-17H2,1H3. The van der Waals surface area contributed by atoms with Gasteiger partial charge in [-0.15, -0.1) is 3.71 Å². The molecule has 5 aliphatic rings. The van der Waals surface area contributed by atoms with E-state index in [1.165, 1.54) is 35.1 Å². The lowest BCUT2D eigenvalue weighted by Gasteiger charge is -2.66. The first-order valence-electron chi connectivity index (χ1n) is 12.5. The lowest BCUT2D eigenvalue weighted by Crippen LogP contribution is -2.74. The predicted octanol–water partition coefficient (Wildman–Crippen LogP) is 6.47. The Morgan fingerprint density at radius 2 is 1.15 bits per heavy atom. The summed E-state index contributed by atoms with van der Waals surface area (Å²) in [6.45, 7) is 2.01. The molecule has 0 aromatic heterocycles. The first kappa shape index (κ1) is 20.1. The van der Waals surface area contributed by atoms with E-state index in [1.54, 1.807) is 24.1 Å². The summed E-state index contributed by atoms with van der Waals surface area (Å²) in [6.07, 6.45) is 4.51. The molecule has 4 unspecified atom stereocenters. The Hall–Kier alpha value is -2.08. The number of aryl methyl sites for hydroxylation is 1. The minimum absolute atomic E-state index is 0.0701. The first-order chi connectivity index (χ1) is 16.5. The Bertz CT molecular complexity index is 1400. The molecule has 2 saturated carbocycles. The highest BCUT2D eigenvalue weighted by molar-refractivity contribution is 8.11. The third kappa shape index (κ3) is 2.00. The van der Waals surface area contributed by atoms with Crippen LogP contribution in [0.1, 0.15) is 77.2 Å². The first-order valence-corrected chi connectivity index (χ1v) is 14.7. The smallest absolute Gasteiger partial charge is 0.206 e. The number of sulfonamides is 1. The van der Waals surface area contributed by atoms with Crippen LogP contribution in [0.2, 0.25) is 0 Å². The van der Waals surface area contributed by atoms with Crippen molar-refractivity contribution in [2.24, 2.45) is 0 Å². The van der Waals surface area contributed by atoms with E-state index in [2.05, 4.69) is 48.5 Å². The van der Waals surface area contributed by atoms with Crippen molar-refractivity contribution < 1.29 is 8.42 Å². The van der Waals surface area contributed by atoms with Crippen LogP contribution in [0.4, 0.5) is 0 Å². The molecule has 0 radical (unpaired) electrons. The Labute approximate surface area is 205 Å². The van der Waals surface area contributed by atoms with Gasteiger partial charge in [0.25, 0.3) is 10.0 Å². The van der Waals surface area contributed by atoms with Gasteiger partial charge in [0, 0.05) is 23.7 Å². The molecular weight excluding hydrogens is 458 g/mol. The number of hydrogen-bond acceptors (Lipinski definition) is 3. The number of nitrogens with zero attached hydrogens (tertiary/aromatic N) is 1. The molecular formula is C29H27NO2S2. The minimum atomic E-state index is -3.63. The zero-order valence-electron chi connectivity index (χ0n) is 19.1. The summed E-state index contributed by atoms with van der Waals surface area (Å²) in [5.74, 6) is 1.40. The summed E-state index contributed by atoms with van der Waals surface area (Å²) < 4.78 is 30.5. The fourth-order valence-corrected chi connectivity index (χ4v) is 13.3. The zero-order chi connectivity index (χ0) is 22.9. The van der Waals surface area contributed by atoms with Crippen molar-refractivity contribution in [2.75, 3.05) is 0 Å². The van der Waals surface area contributed by atoms with Gasteiger partial charge in [0.1, 0.15) is 0 Å². The average molecular weight is 486 g/mol. The number of hydrogen-bond donors (Lipinski definition) is 0. The number of fused-ring (bicyclic) bond motifs is 6. The van der Waals surface area contributed by atoms with E-state index >= 15 is 0 Å². The van der Waals surface area contributed by atoms with Gasteiger partial charge in [-0.1, -0.05) is 78.2 Å². The fourth-order valence-electron chi connectivity index (χ4n) is 8.80. The topological polar surface area (TPSA) is 37.4 Å². The van der Waals surface area contributed by atoms with Gasteiger partial charge < -0.3 is 0 Å². The lowest BCUT2D eigenvalue weighted by molar-refractivity contribution is 0.123. The van der Waals surface area contributed by atoms with Gasteiger partial charge in [0.2, 0.25) is 0 Å². The normalized spacial score (nSPS) is 36.7. The van der Waals surface area contributed by atoms with Crippen molar-refractivity contribution in [2.45, 2.75) is 71.5 Å². The van der Waals surface area contributed by atoms with E-state index < -0.39 is 10.0 Å². The molecule has 3 nitrogen and oxygen atoms in total.